The van der Waals surface area contributed by atoms with Gasteiger partial charge in [-0.1, -0.05) is 17.9 Å². The van der Waals surface area contributed by atoms with Gasteiger partial charge in [0.05, 0.1) is 0 Å². The maximum Gasteiger partial charge on any atom is 0.254 e. The van der Waals surface area contributed by atoms with Crippen molar-refractivity contribution in [3.05, 3.63) is 93.4 Å². The number of benzene rings is 1. The van der Waals surface area contributed by atoms with E-state index in [-0.39, 0.29) is 17.5 Å². The molecule has 2 heterocycles. The van der Waals surface area contributed by atoms with E-state index in [0.29, 0.717) is 6.07 Å². The van der Waals surface area contributed by atoms with Gasteiger partial charge < -0.3 is 9.55 Å². The van der Waals surface area contributed by atoms with Gasteiger partial charge in [-0.3, -0.25) is 4.79 Å². The quantitative estimate of drug-likeness (QED) is 0.546. The summed E-state index contributed by atoms with van der Waals surface area (Å²) in [5.74, 6) is 6.49. The Bertz CT molecular complexity index is 1170. The Morgan fingerprint density at radius 1 is 1.14 bits per heavy atom. The first kappa shape index (κ1) is 19.1. The molecule has 3 aromatic rings. The third kappa shape index (κ3) is 4.19. The molecule has 2 aromatic heterocycles. The van der Waals surface area contributed by atoms with Crippen molar-refractivity contribution in [3.63, 3.8) is 0 Å². The molecule has 0 amide bonds. The van der Waals surface area contributed by atoms with Crippen molar-refractivity contribution in [2.24, 2.45) is 7.05 Å². The minimum absolute atomic E-state index is 0.0269. The molecular formula is C22H15F3N2O. The van der Waals surface area contributed by atoms with Gasteiger partial charge in [-0.15, -0.1) is 0 Å². The Labute approximate surface area is 159 Å². The van der Waals surface area contributed by atoms with Crippen molar-refractivity contribution in [2.45, 2.75) is 12.3 Å². The molecule has 1 unspecified atom stereocenters. The van der Waals surface area contributed by atoms with Gasteiger partial charge in [-0.25, -0.2) is 13.2 Å². The van der Waals surface area contributed by atoms with Crippen molar-refractivity contribution >= 4 is 0 Å². The molecule has 0 aliphatic carbocycles. The highest BCUT2D eigenvalue weighted by atomic mass is 19.2. The summed E-state index contributed by atoms with van der Waals surface area (Å²) in [7, 11) is 1.54. The monoisotopic (exact) mass is 380 g/mol. The topological polar surface area (TPSA) is 37.8 Å². The smallest absolute Gasteiger partial charge is 0.254 e. The number of hydrogen-bond acceptors (Lipinski definition) is 1. The number of nitrogens with zero attached hydrogens (tertiary/aromatic N) is 1. The predicted molar refractivity (Wildman–Crippen MR) is 99.9 cm³/mol. The number of pyridine rings is 1. The molecule has 0 spiro atoms. The fraction of sp³-hybridized carbons (Fsp3) is 0.136. The zero-order chi connectivity index (χ0) is 20.1. The molecule has 140 valence electrons. The standard InChI is InChI=1S/C22H15F3N2O/c1-27-11-5-8-18(22(27)28)17(19-12-16(23)13-20(24)21(19)25)7-4-2-3-6-15-9-10-26-14-15/h5,8-14,17,26H,7H2,1H3. The molecule has 0 saturated heterocycles. The lowest BCUT2D eigenvalue weighted by Crippen LogP contribution is -2.23. The van der Waals surface area contributed by atoms with Gasteiger partial charge in [-0.2, -0.15) is 0 Å². The molecule has 1 N–H and O–H groups in total. The molecule has 3 rings (SSSR count). The summed E-state index contributed by atoms with van der Waals surface area (Å²) >= 11 is 0. The third-order valence-corrected chi connectivity index (χ3v) is 4.19. The lowest BCUT2D eigenvalue weighted by atomic mass is 9.88. The summed E-state index contributed by atoms with van der Waals surface area (Å²) in [6.07, 6.45) is 4.94. The van der Waals surface area contributed by atoms with Gasteiger partial charge in [0.2, 0.25) is 0 Å². The average molecular weight is 380 g/mol. The van der Waals surface area contributed by atoms with Gasteiger partial charge >= 0.3 is 0 Å². The molecule has 1 atom stereocenters. The summed E-state index contributed by atoms with van der Waals surface area (Å²) in [6.45, 7) is 0. The lowest BCUT2D eigenvalue weighted by molar-refractivity contribution is 0.479. The highest BCUT2D eigenvalue weighted by molar-refractivity contribution is 5.40. The molecular weight excluding hydrogens is 365 g/mol. The molecule has 0 bridgehead atoms. The zero-order valence-electron chi connectivity index (χ0n) is 14.9. The molecule has 0 fully saturated rings. The van der Waals surface area contributed by atoms with Crippen LogP contribution in [0.2, 0.25) is 0 Å². The van der Waals surface area contributed by atoms with E-state index in [9.17, 15) is 18.0 Å². The first-order chi connectivity index (χ1) is 13.5. The number of halogens is 3. The van der Waals surface area contributed by atoms with E-state index in [1.165, 1.54) is 10.6 Å². The molecule has 0 aliphatic rings. The van der Waals surface area contributed by atoms with Crippen molar-refractivity contribution in [3.8, 4) is 23.7 Å². The van der Waals surface area contributed by atoms with E-state index in [2.05, 4.69) is 28.7 Å². The highest BCUT2D eigenvalue weighted by Crippen LogP contribution is 2.29. The van der Waals surface area contributed by atoms with Crippen LogP contribution in [0.25, 0.3) is 0 Å². The molecule has 3 nitrogen and oxygen atoms in total. The average Bonchev–Trinajstić information content (AvgIpc) is 3.18. The first-order valence-electron chi connectivity index (χ1n) is 8.39. The van der Waals surface area contributed by atoms with Gasteiger partial charge in [0.1, 0.15) is 5.82 Å². The van der Waals surface area contributed by atoms with Crippen LogP contribution in [-0.4, -0.2) is 9.55 Å². The Hall–Kier alpha value is -3.64. The molecule has 28 heavy (non-hydrogen) atoms. The molecule has 0 aliphatic heterocycles. The summed E-state index contributed by atoms with van der Waals surface area (Å²) in [5, 5.41) is 0. The van der Waals surface area contributed by atoms with E-state index in [4.69, 9.17) is 0 Å². The summed E-state index contributed by atoms with van der Waals surface area (Å²) in [5.41, 5.74) is 0.299. The predicted octanol–water partition coefficient (Wildman–Crippen LogP) is 3.71. The van der Waals surface area contributed by atoms with Gasteiger partial charge in [0.15, 0.2) is 11.6 Å². The van der Waals surface area contributed by atoms with Crippen molar-refractivity contribution in [1.29, 1.82) is 0 Å². The third-order valence-electron chi connectivity index (χ3n) is 4.19. The van der Waals surface area contributed by atoms with Gasteiger partial charge in [0.25, 0.3) is 5.56 Å². The number of hydrogen-bond donors (Lipinski definition) is 1. The number of nitrogens with one attached hydrogen (secondary N) is 1. The minimum atomic E-state index is -1.31. The van der Waals surface area contributed by atoms with Crippen LogP contribution in [0.4, 0.5) is 13.2 Å². The number of aryl methyl sites for hydroxylation is 1. The second-order valence-corrected chi connectivity index (χ2v) is 6.08. The van der Waals surface area contributed by atoms with Crippen molar-refractivity contribution < 1.29 is 13.2 Å². The van der Waals surface area contributed by atoms with Crippen LogP contribution in [0, 0.1) is 41.1 Å². The SMILES string of the molecule is Cn1cccc(C(CC#CC#Cc2cc[nH]c2)c2cc(F)cc(F)c2F)c1=O. The van der Waals surface area contributed by atoms with Crippen molar-refractivity contribution in [2.75, 3.05) is 0 Å². The Kier molecular flexibility index (Phi) is 5.72. The Morgan fingerprint density at radius 2 is 1.96 bits per heavy atom. The Balaban J connectivity index is 2.01. The van der Waals surface area contributed by atoms with Gasteiger partial charge in [-0.05, 0) is 30.0 Å². The molecule has 6 heteroatoms. The maximum absolute atomic E-state index is 14.4. The summed E-state index contributed by atoms with van der Waals surface area (Å²) in [4.78, 5) is 15.3. The number of H-pyrrole nitrogens is 1. The van der Waals surface area contributed by atoms with Crippen LogP contribution < -0.4 is 5.56 Å². The Morgan fingerprint density at radius 3 is 2.71 bits per heavy atom. The van der Waals surface area contributed by atoms with Crippen LogP contribution >= 0.6 is 0 Å². The van der Waals surface area contributed by atoms with E-state index < -0.39 is 28.9 Å². The van der Waals surface area contributed by atoms with E-state index in [1.54, 1.807) is 37.8 Å². The van der Waals surface area contributed by atoms with Crippen LogP contribution in [0.3, 0.4) is 0 Å². The highest BCUT2D eigenvalue weighted by Gasteiger charge is 2.23. The first-order valence-corrected chi connectivity index (χ1v) is 8.39. The van der Waals surface area contributed by atoms with Crippen LogP contribution in [0.15, 0.2) is 53.7 Å². The normalized spacial score (nSPS) is 11.1. The fourth-order valence-electron chi connectivity index (χ4n) is 2.80. The van der Waals surface area contributed by atoms with Crippen LogP contribution in [0.1, 0.15) is 29.0 Å². The van der Waals surface area contributed by atoms with Crippen LogP contribution in [0.5, 0.6) is 0 Å². The zero-order valence-corrected chi connectivity index (χ0v) is 14.9. The second-order valence-electron chi connectivity index (χ2n) is 6.08. The summed E-state index contributed by atoms with van der Waals surface area (Å²) in [6, 6.07) is 6.24. The largest absolute Gasteiger partial charge is 0.367 e. The minimum Gasteiger partial charge on any atom is -0.367 e. The van der Waals surface area contributed by atoms with E-state index in [1.807, 2.05) is 0 Å². The second kappa shape index (κ2) is 8.37. The van der Waals surface area contributed by atoms with Crippen LogP contribution in [-0.2, 0) is 7.05 Å². The van der Waals surface area contributed by atoms with E-state index in [0.717, 1.165) is 11.6 Å². The summed E-state index contributed by atoms with van der Waals surface area (Å²) < 4.78 is 43.1. The lowest BCUT2D eigenvalue weighted by Gasteiger charge is -2.16. The van der Waals surface area contributed by atoms with E-state index >= 15 is 0 Å². The maximum atomic E-state index is 14.4. The van der Waals surface area contributed by atoms with Crippen molar-refractivity contribution in [1.82, 2.24) is 9.55 Å². The number of aromatic amines is 1. The molecule has 0 saturated carbocycles. The van der Waals surface area contributed by atoms with Gasteiger partial charge in [0, 0.05) is 60.7 Å². The fourth-order valence-corrected chi connectivity index (χ4v) is 2.80. The number of aromatic nitrogens is 2. The number of rotatable bonds is 3. The molecule has 1 aromatic carbocycles. The molecule has 0 radical (unpaired) electrons.